The molecule has 1 aromatic carbocycles. The second-order valence-corrected chi connectivity index (χ2v) is 3.84. The van der Waals surface area contributed by atoms with E-state index in [4.69, 9.17) is 4.74 Å². The summed E-state index contributed by atoms with van der Waals surface area (Å²) in [5.41, 5.74) is 0.193. The lowest BCUT2D eigenvalue weighted by Crippen LogP contribution is -2.14. The third-order valence-corrected chi connectivity index (χ3v) is 1.68. The third kappa shape index (κ3) is 5.90. The van der Waals surface area contributed by atoms with Crippen LogP contribution in [0.4, 0.5) is 0 Å². The first-order chi connectivity index (χ1) is 7.08. The summed E-state index contributed by atoms with van der Waals surface area (Å²) in [5.74, 6) is 5.46. The molecule has 0 amide bonds. The van der Waals surface area contributed by atoms with Gasteiger partial charge in [-0.25, -0.2) is 0 Å². The average molecular weight is 204 g/mol. The Kier molecular flexibility index (Phi) is 4.36. The number of benzene rings is 1. The molecular weight excluding hydrogens is 188 g/mol. The van der Waals surface area contributed by atoms with E-state index >= 15 is 0 Å². The first kappa shape index (κ1) is 11.8. The van der Waals surface area contributed by atoms with Crippen LogP contribution in [0.1, 0.15) is 19.4 Å². The van der Waals surface area contributed by atoms with Crippen LogP contribution in [0.15, 0.2) is 30.3 Å². The lowest BCUT2D eigenvalue weighted by Gasteiger charge is -2.06. The summed E-state index contributed by atoms with van der Waals surface area (Å²) in [5, 5.41) is 9.30. The van der Waals surface area contributed by atoms with Crippen LogP contribution in [-0.2, 0) is 11.3 Å². The molecule has 0 bridgehead atoms. The second kappa shape index (κ2) is 5.55. The fraction of sp³-hybridized carbons (Fsp3) is 0.385. The molecule has 0 fully saturated rings. The molecule has 2 nitrogen and oxygen atoms in total. The van der Waals surface area contributed by atoms with Gasteiger partial charge in [-0.1, -0.05) is 42.2 Å². The molecule has 0 aliphatic rings. The van der Waals surface area contributed by atoms with Crippen molar-refractivity contribution in [2.45, 2.75) is 26.1 Å². The summed E-state index contributed by atoms with van der Waals surface area (Å²) in [4.78, 5) is 0. The predicted octanol–water partition coefficient (Wildman–Crippen LogP) is 1.98. The minimum Gasteiger partial charge on any atom is -0.378 e. The van der Waals surface area contributed by atoms with Gasteiger partial charge in [-0.15, -0.1) is 0 Å². The Morgan fingerprint density at radius 2 is 1.93 bits per heavy atom. The molecular formula is C13H16O2. The molecule has 2 heteroatoms. The molecule has 1 rings (SSSR count). The van der Waals surface area contributed by atoms with Gasteiger partial charge in [-0.2, -0.15) is 0 Å². The lowest BCUT2D eigenvalue weighted by atomic mass is 10.1. The molecule has 0 aliphatic carbocycles. The van der Waals surface area contributed by atoms with Gasteiger partial charge in [0.1, 0.15) is 12.2 Å². The van der Waals surface area contributed by atoms with Gasteiger partial charge in [-0.05, 0) is 19.4 Å². The number of hydrogen-bond acceptors (Lipinski definition) is 2. The van der Waals surface area contributed by atoms with Crippen LogP contribution in [-0.4, -0.2) is 17.3 Å². The normalized spacial score (nSPS) is 10.6. The van der Waals surface area contributed by atoms with Gasteiger partial charge < -0.3 is 9.84 Å². The van der Waals surface area contributed by atoms with E-state index in [1.165, 1.54) is 0 Å². The van der Waals surface area contributed by atoms with Crippen molar-refractivity contribution in [1.82, 2.24) is 0 Å². The highest BCUT2D eigenvalue weighted by molar-refractivity contribution is 5.14. The number of hydrogen-bond donors (Lipinski definition) is 1. The summed E-state index contributed by atoms with van der Waals surface area (Å²) in [6.07, 6.45) is 0. The molecule has 0 aliphatic heterocycles. The fourth-order valence-corrected chi connectivity index (χ4v) is 1.05. The fourth-order valence-electron chi connectivity index (χ4n) is 1.05. The second-order valence-electron chi connectivity index (χ2n) is 3.84. The molecule has 0 atom stereocenters. The SMILES string of the molecule is CC(C)(O)C#CCOCc1ccccc1. The van der Waals surface area contributed by atoms with Crippen LogP contribution in [0, 0.1) is 11.8 Å². The van der Waals surface area contributed by atoms with Crippen LogP contribution < -0.4 is 0 Å². The van der Waals surface area contributed by atoms with Crippen molar-refractivity contribution in [3.8, 4) is 11.8 Å². The summed E-state index contributed by atoms with van der Waals surface area (Å²) in [6, 6.07) is 9.92. The average Bonchev–Trinajstić information content (AvgIpc) is 2.17. The van der Waals surface area contributed by atoms with Crippen LogP contribution >= 0.6 is 0 Å². The molecule has 0 unspecified atom stereocenters. The van der Waals surface area contributed by atoms with Crippen LogP contribution in [0.2, 0.25) is 0 Å². The third-order valence-electron chi connectivity index (χ3n) is 1.68. The highest BCUT2D eigenvalue weighted by Crippen LogP contribution is 2.00. The monoisotopic (exact) mass is 204 g/mol. The Morgan fingerprint density at radius 3 is 2.53 bits per heavy atom. The topological polar surface area (TPSA) is 29.5 Å². The maximum Gasteiger partial charge on any atom is 0.120 e. The Bertz CT molecular complexity index is 338. The van der Waals surface area contributed by atoms with E-state index in [1.54, 1.807) is 13.8 Å². The largest absolute Gasteiger partial charge is 0.378 e. The van der Waals surface area contributed by atoms with Gasteiger partial charge in [0, 0.05) is 0 Å². The van der Waals surface area contributed by atoms with Gasteiger partial charge in [0.25, 0.3) is 0 Å². The zero-order valence-electron chi connectivity index (χ0n) is 9.16. The van der Waals surface area contributed by atoms with Crippen molar-refractivity contribution < 1.29 is 9.84 Å². The van der Waals surface area contributed by atoms with Gasteiger partial charge in [-0.3, -0.25) is 0 Å². The molecule has 0 saturated carbocycles. The van der Waals surface area contributed by atoms with Crippen molar-refractivity contribution in [2.24, 2.45) is 0 Å². The Hall–Kier alpha value is -1.30. The summed E-state index contributed by atoms with van der Waals surface area (Å²) < 4.78 is 5.33. The Morgan fingerprint density at radius 1 is 1.27 bits per heavy atom. The lowest BCUT2D eigenvalue weighted by molar-refractivity contribution is 0.139. The van der Waals surface area contributed by atoms with Crippen LogP contribution in [0.3, 0.4) is 0 Å². The maximum atomic E-state index is 9.30. The van der Waals surface area contributed by atoms with E-state index in [2.05, 4.69) is 11.8 Å². The molecule has 0 heterocycles. The zero-order chi connectivity index (χ0) is 11.1. The molecule has 0 aromatic heterocycles. The van der Waals surface area contributed by atoms with Gasteiger partial charge in [0.2, 0.25) is 0 Å². The van der Waals surface area contributed by atoms with Crippen molar-refractivity contribution in [1.29, 1.82) is 0 Å². The van der Waals surface area contributed by atoms with Crippen molar-refractivity contribution >= 4 is 0 Å². The van der Waals surface area contributed by atoms with Gasteiger partial charge >= 0.3 is 0 Å². The van der Waals surface area contributed by atoms with E-state index in [0.717, 1.165) is 5.56 Å². The molecule has 0 radical (unpaired) electrons. The van der Waals surface area contributed by atoms with Gasteiger partial charge in [0.15, 0.2) is 0 Å². The molecule has 1 N–H and O–H groups in total. The van der Waals surface area contributed by atoms with Crippen molar-refractivity contribution in [3.05, 3.63) is 35.9 Å². The standard InChI is InChI=1S/C13H16O2/c1-13(2,14)9-6-10-15-11-12-7-4-3-5-8-12/h3-5,7-8,14H,10-11H2,1-2H3. The predicted molar refractivity (Wildman–Crippen MR) is 60.2 cm³/mol. The van der Waals surface area contributed by atoms with E-state index in [0.29, 0.717) is 13.2 Å². The molecule has 80 valence electrons. The number of ether oxygens (including phenoxy) is 1. The number of rotatable bonds is 3. The highest BCUT2D eigenvalue weighted by Gasteiger charge is 2.04. The summed E-state index contributed by atoms with van der Waals surface area (Å²) >= 11 is 0. The zero-order valence-corrected chi connectivity index (χ0v) is 9.16. The Labute approximate surface area is 90.9 Å². The van der Waals surface area contributed by atoms with Crippen molar-refractivity contribution in [3.63, 3.8) is 0 Å². The maximum absolute atomic E-state index is 9.30. The first-order valence-corrected chi connectivity index (χ1v) is 4.92. The van der Waals surface area contributed by atoms with E-state index in [-0.39, 0.29) is 0 Å². The van der Waals surface area contributed by atoms with Crippen LogP contribution in [0.5, 0.6) is 0 Å². The smallest absolute Gasteiger partial charge is 0.120 e. The van der Waals surface area contributed by atoms with E-state index in [9.17, 15) is 5.11 Å². The first-order valence-electron chi connectivity index (χ1n) is 4.92. The van der Waals surface area contributed by atoms with Crippen LogP contribution in [0.25, 0.3) is 0 Å². The minimum absolute atomic E-state index is 0.346. The minimum atomic E-state index is -0.934. The molecule has 0 spiro atoms. The molecule has 15 heavy (non-hydrogen) atoms. The van der Waals surface area contributed by atoms with Crippen molar-refractivity contribution in [2.75, 3.05) is 6.61 Å². The van der Waals surface area contributed by atoms with Gasteiger partial charge in [0.05, 0.1) is 6.61 Å². The molecule has 1 aromatic rings. The Balaban J connectivity index is 2.25. The number of aliphatic hydroxyl groups is 1. The van der Waals surface area contributed by atoms with E-state index < -0.39 is 5.60 Å². The summed E-state index contributed by atoms with van der Waals surface area (Å²) in [7, 11) is 0. The highest BCUT2D eigenvalue weighted by atomic mass is 16.5. The molecule has 0 saturated heterocycles. The summed E-state index contributed by atoms with van der Waals surface area (Å²) in [6.45, 7) is 4.20. The quantitative estimate of drug-likeness (QED) is 0.602. The van der Waals surface area contributed by atoms with E-state index in [1.807, 2.05) is 30.3 Å².